The molecule has 0 saturated heterocycles. The van der Waals surface area contributed by atoms with Crippen LogP contribution in [0.1, 0.15) is 28.5 Å². The number of hydrogen-bond acceptors (Lipinski definition) is 4. The molecule has 4 nitrogen and oxygen atoms in total. The van der Waals surface area contributed by atoms with Crippen molar-refractivity contribution in [3.63, 3.8) is 0 Å². The smallest absolute Gasteiger partial charge is 0.160 e. The molecule has 0 N–H and O–H groups in total. The van der Waals surface area contributed by atoms with Gasteiger partial charge in [0.15, 0.2) is 5.78 Å². The number of allylic oxidation sites excluding steroid dienone is 2. The molecule has 29 heavy (non-hydrogen) atoms. The van der Waals surface area contributed by atoms with Crippen molar-refractivity contribution in [1.82, 2.24) is 4.98 Å². The van der Waals surface area contributed by atoms with Gasteiger partial charge in [0, 0.05) is 29.2 Å². The van der Waals surface area contributed by atoms with Crippen molar-refractivity contribution in [2.45, 2.75) is 13.0 Å². The molecular formula is C25H20N2O2. The second-order valence-corrected chi connectivity index (χ2v) is 6.82. The Morgan fingerprint density at radius 2 is 1.69 bits per heavy atom. The Hall–Kier alpha value is -3.79. The van der Waals surface area contributed by atoms with Crippen LogP contribution in [0.15, 0.2) is 91.3 Å². The van der Waals surface area contributed by atoms with E-state index >= 15 is 0 Å². The molecule has 142 valence electrons. The Morgan fingerprint density at radius 3 is 2.38 bits per heavy atom. The molecule has 0 radical (unpaired) electrons. The van der Waals surface area contributed by atoms with E-state index in [-0.39, 0.29) is 5.78 Å². The highest BCUT2D eigenvalue weighted by Crippen LogP contribution is 2.35. The molecule has 0 spiro atoms. The minimum absolute atomic E-state index is 0.0358. The standard InChI is InChI=1S/C25H20N2O2/c1-18(29)21-11-5-6-12-22(21)23-15-19(24-13-7-8-14-26-24)16-27(25(23)17-28)20-9-3-2-4-10-20/h2-17,25H,1H3. The number of anilines is 1. The lowest BCUT2D eigenvalue weighted by atomic mass is 9.88. The molecule has 4 heteroatoms. The van der Waals surface area contributed by atoms with E-state index in [4.69, 9.17) is 0 Å². The van der Waals surface area contributed by atoms with E-state index in [2.05, 4.69) is 4.98 Å². The van der Waals surface area contributed by atoms with Crippen LogP contribution in [-0.2, 0) is 4.79 Å². The van der Waals surface area contributed by atoms with Crippen LogP contribution in [0.5, 0.6) is 0 Å². The van der Waals surface area contributed by atoms with Gasteiger partial charge in [0.25, 0.3) is 0 Å². The average molecular weight is 380 g/mol. The molecule has 2 aromatic carbocycles. The molecule has 4 rings (SSSR count). The monoisotopic (exact) mass is 380 g/mol. The first-order valence-corrected chi connectivity index (χ1v) is 9.43. The first kappa shape index (κ1) is 18.6. The molecule has 1 aliphatic rings. The topological polar surface area (TPSA) is 50.3 Å². The zero-order valence-corrected chi connectivity index (χ0v) is 16.0. The van der Waals surface area contributed by atoms with Gasteiger partial charge < -0.3 is 9.69 Å². The number of ketones is 1. The third-order valence-corrected chi connectivity index (χ3v) is 4.97. The first-order chi connectivity index (χ1) is 14.2. The number of nitrogens with zero attached hydrogens (tertiary/aromatic N) is 2. The summed E-state index contributed by atoms with van der Waals surface area (Å²) >= 11 is 0. The van der Waals surface area contributed by atoms with Crippen LogP contribution < -0.4 is 4.90 Å². The van der Waals surface area contributed by atoms with Crippen molar-refractivity contribution < 1.29 is 9.59 Å². The summed E-state index contributed by atoms with van der Waals surface area (Å²) in [5.74, 6) is -0.0358. The Kier molecular flexibility index (Phi) is 5.16. The maximum atomic E-state index is 12.3. The van der Waals surface area contributed by atoms with Crippen molar-refractivity contribution in [2.75, 3.05) is 4.90 Å². The minimum atomic E-state index is -0.551. The Morgan fingerprint density at radius 1 is 0.966 bits per heavy atom. The lowest BCUT2D eigenvalue weighted by molar-refractivity contribution is -0.107. The molecule has 3 aromatic rings. The van der Waals surface area contributed by atoms with Crippen molar-refractivity contribution in [3.8, 4) is 0 Å². The largest absolute Gasteiger partial charge is 0.333 e. The lowest BCUT2D eigenvalue weighted by Gasteiger charge is -2.33. The van der Waals surface area contributed by atoms with Gasteiger partial charge in [-0.1, -0.05) is 48.5 Å². The summed E-state index contributed by atoms with van der Waals surface area (Å²) in [6.07, 6.45) is 6.56. The number of aldehydes is 1. The van der Waals surface area contributed by atoms with E-state index in [9.17, 15) is 9.59 Å². The Balaban J connectivity index is 1.93. The number of carbonyl (C=O) groups is 2. The highest BCUT2D eigenvalue weighted by atomic mass is 16.1. The summed E-state index contributed by atoms with van der Waals surface area (Å²) in [5.41, 5.74) is 4.71. The van der Waals surface area contributed by atoms with Crippen molar-refractivity contribution in [1.29, 1.82) is 0 Å². The van der Waals surface area contributed by atoms with Crippen LogP contribution in [0.3, 0.4) is 0 Å². The number of pyridine rings is 1. The fourth-order valence-electron chi connectivity index (χ4n) is 3.60. The summed E-state index contributed by atoms with van der Waals surface area (Å²) in [4.78, 5) is 30.9. The molecule has 0 bridgehead atoms. The normalized spacial score (nSPS) is 16.0. The van der Waals surface area contributed by atoms with E-state index < -0.39 is 6.04 Å². The van der Waals surface area contributed by atoms with Gasteiger partial charge in [0.05, 0.1) is 5.69 Å². The van der Waals surface area contributed by atoms with E-state index in [0.29, 0.717) is 5.56 Å². The molecule has 0 aliphatic carbocycles. The van der Waals surface area contributed by atoms with E-state index in [1.807, 2.05) is 83.9 Å². The SMILES string of the molecule is CC(=O)c1ccccc1C1=CC(c2ccccn2)=CN(c2ccccc2)C1C=O. The highest BCUT2D eigenvalue weighted by molar-refractivity contribution is 6.05. The quantitative estimate of drug-likeness (QED) is 0.471. The van der Waals surface area contributed by atoms with Crippen LogP contribution >= 0.6 is 0 Å². The van der Waals surface area contributed by atoms with Crippen LogP contribution in [0, 0.1) is 0 Å². The third-order valence-electron chi connectivity index (χ3n) is 4.97. The van der Waals surface area contributed by atoms with Crippen LogP contribution in [0.2, 0.25) is 0 Å². The number of hydrogen-bond donors (Lipinski definition) is 0. The average Bonchev–Trinajstić information content (AvgIpc) is 2.79. The summed E-state index contributed by atoms with van der Waals surface area (Å²) in [6.45, 7) is 1.54. The van der Waals surface area contributed by atoms with Gasteiger partial charge in [-0.3, -0.25) is 9.78 Å². The molecular weight excluding hydrogens is 360 g/mol. The number of aromatic nitrogens is 1. The highest BCUT2D eigenvalue weighted by Gasteiger charge is 2.29. The number of Topliss-reactive ketones (excluding diaryl/α,β-unsaturated/α-hetero) is 1. The summed E-state index contributed by atoms with van der Waals surface area (Å²) in [5, 5.41) is 0. The maximum Gasteiger partial charge on any atom is 0.160 e. The number of carbonyl (C=O) groups excluding carboxylic acids is 2. The predicted octanol–water partition coefficient (Wildman–Crippen LogP) is 4.80. The Labute approximate surface area is 169 Å². The molecule has 1 unspecified atom stereocenters. The van der Waals surface area contributed by atoms with E-state index in [1.165, 1.54) is 0 Å². The number of benzene rings is 2. The Bertz CT molecular complexity index is 1100. The molecule has 1 aromatic heterocycles. The molecule has 0 amide bonds. The summed E-state index contributed by atoms with van der Waals surface area (Å²) in [7, 11) is 0. The predicted molar refractivity (Wildman–Crippen MR) is 115 cm³/mol. The van der Waals surface area contributed by atoms with E-state index in [1.54, 1.807) is 19.2 Å². The van der Waals surface area contributed by atoms with Gasteiger partial charge in [-0.25, -0.2) is 0 Å². The van der Waals surface area contributed by atoms with Gasteiger partial charge in [0.1, 0.15) is 12.3 Å². The molecule has 0 saturated carbocycles. The van der Waals surface area contributed by atoms with Gasteiger partial charge in [0.2, 0.25) is 0 Å². The summed E-state index contributed by atoms with van der Waals surface area (Å²) in [6, 6.07) is 22.3. The third kappa shape index (κ3) is 3.65. The zero-order chi connectivity index (χ0) is 20.2. The molecule has 0 fully saturated rings. The van der Waals surface area contributed by atoms with Crippen molar-refractivity contribution in [2.24, 2.45) is 0 Å². The zero-order valence-electron chi connectivity index (χ0n) is 16.0. The van der Waals surface area contributed by atoms with Gasteiger partial charge in [-0.2, -0.15) is 0 Å². The summed E-state index contributed by atoms with van der Waals surface area (Å²) < 4.78 is 0. The molecule has 1 aliphatic heterocycles. The van der Waals surface area contributed by atoms with Crippen LogP contribution in [0.4, 0.5) is 5.69 Å². The molecule has 2 heterocycles. The first-order valence-electron chi connectivity index (χ1n) is 9.43. The lowest BCUT2D eigenvalue weighted by Crippen LogP contribution is -2.36. The second-order valence-electron chi connectivity index (χ2n) is 6.82. The fourth-order valence-corrected chi connectivity index (χ4v) is 3.60. The fraction of sp³-hybridized carbons (Fsp3) is 0.0800. The van der Waals surface area contributed by atoms with Gasteiger partial charge in [-0.15, -0.1) is 0 Å². The number of para-hydroxylation sites is 1. The van der Waals surface area contributed by atoms with Crippen molar-refractivity contribution >= 4 is 28.9 Å². The maximum absolute atomic E-state index is 12.3. The minimum Gasteiger partial charge on any atom is -0.333 e. The van der Waals surface area contributed by atoms with Gasteiger partial charge >= 0.3 is 0 Å². The van der Waals surface area contributed by atoms with Crippen molar-refractivity contribution in [3.05, 3.63) is 108 Å². The van der Waals surface area contributed by atoms with Crippen LogP contribution in [0.25, 0.3) is 11.1 Å². The van der Waals surface area contributed by atoms with Gasteiger partial charge in [-0.05, 0) is 48.4 Å². The second kappa shape index (κ2) is 8.07. The van der Waals surface area contributed by atoms with Crippen LogP contribution in [-0.4, -0.2) is 23.1 Å². The number of rotatable bonds is 5. The molecule has 1 atom stereocenters. The van der Waals surface area contributed by atoms with E-state index in [0.717, 1.165) is 34.4 Å².